The average molecular weight is 315 g/mol. The molecule has 9 heteroatoms. The number of alkyl halides is 2. The van der Waals surface area contributed by atoms with E-state index in [1.54, 1.807) is 23.6 Å². The number of aliphatic carboxylic acids is 1. The monoisotopic (exact) mass is 315 g/mol. The molecule has 2 aromatic rings. The topological polar surface area (TPSA) is 77.2 Å². The molecule has 1 N–H and O–H groups in total. The Morgan fingerprint density at radius 2 is 2.05 bits per heavy atom. The molecule has 0 aliphatic carbocycles. The number of ether oxygens (including phenoxy) is 1. The van der Waals surface area contributed by atoms with E-state index >= 15 is 0 Å². The molecule has 21 heavy (non-hydrogen) atoms. The lowest BCUT2D eigenvalue weighted by molar-refractivity contribution is -0.133. The minimum Gasteiger partial charge on any atom is -0.481 e. The molecule has 0 fully saturated rings. The van der Waals surface area contributed by atoms with Gasteiger partial charge in [0, 0.05) is 5.69 Å². The van der Waals surface area contributed by atoms with Crippen molar-refractivity contribution in [2.75, 3.05) is 5.75 Å². The standard InChI is InChI=1S/C12H11F2N3O3S/c1-7-15-16-12(21-6-10(18)19)17(7)8-2-4-9(5-3-8)20-11(13)14/h2-5,11H,6H2,1H3,(H,18,19). The van der Waals surface area contributed by atoms with Gasteiger partial charge in [0.25, 0.3) is 0 Å². The first-order valence-electron chi connectivity index (χ1n) is 5.79. The van der Waals surface area contributed by atoms with Gasteiger partial charge in [-0.1, -0.05) is 11.8 Å². The number of carboxylic acids is 1. The summed E-state index contributed by atoms with van der Waals surface area (Å²) >= 11 is 1.02. The van der Waals surface area contributed by atoms with E-state index in [0.29, 0.717) is 16.7 Å². The quantitative estimate of drug-likeness (QED) is 0.825. The minimum atomic E-state index is -2.88. The first-order chi connectivity index (χ1) is 9.97. The summed E-state index contributed by atoms with van der Waals surface area (Å²) in [4.78, 5) is 10.6. The van der Waals surface area contributed by atoms with Gasteiger partial charge >= 0.3 is 12.6 Å². The number of hydrogen-bond donors (Lipinski definition) is 1. The van der Waals surface area contributed by atoms with E-state index in [0.717, 1.165) is 11.8 Å². The molecule has 1 aromatic heterocycles. The van der Waals surface area contributed by atoms with Gasteiger partial charge in [-0.05, 0) is 31.2 Å². The third-order valence-electron chi connectivity index (χ3n) is 2.44. The number of carbonyl (C=O) groups is 1. The Hall–Kier alpha value is -2.16. The Balaban J connectivity index is 2.24. The maximum absolute atomic E-state index is 12.1. The molecular formula is C12H11F2N3O3S. The van der Waals surface area contributed by atoms with Crippen LogP contribution in [-0.2, 0) is 4.79 Å². The van der Waals surface area contributed by atoms with Gasteiger partial charge in [0.05, 0.1) is 5.75 Å². The molecule has 0 spiro atoms. The molecular weight excluding hydrogens is 304 g/mol. The molecule has 0 amide bonds. The van der Waals surface area contributed by atoms with Crippen molar-refractivity contribution in [3.63, 3.8) is 0 Å². The van der Waals surface area contributed by atoms with Crippen molar-refractivity contribution in [3.8, 4) is 11.4 Å². The van der Waals surface area contributed by atoms with E-state index in [2.05, 4.69) is 14.9 Å². The second kappa shape index (κ2) is 6.53. The highest BCUT2D eigenvalue weighted by molar-refractivity contribution is 7.99. The fourth-order valence-electron chi connectivity index (χ4n) is 1.64. The van der Waals surface area contributed by atoms with Crippen LogP contribution in [0.4, 0.5) is 8.78 Å². The number of aromatic nitrogens is 3. The van der Waals surface area contributed by atoms with Crippen molar-refractivity contribution in [3.05, 3.63) is 30.1 Å². The summed E-state index contributed by atoms with van der Waals surface area (Å²) in [6.07, 6.45) is 0. The molecule has 0 bridgehead atoms. The molecule has 0 saturated carbocycles. The molecule has 0 saturated heterocycles. The molecule has 1 heterocycles. The summed E-state index contributed by atoms with van der Waals surface area (Å²) in [6, 6.07) is 5.93. The maximum atomic E-state index is 12.1. The third kappa shape index (κ3) is 3.91. The van der Waals surface area contributed by atoms with Gasteiger partial charge in [-0.15, -0.1) is 10.2 Å². The highest BCUT2D eigenvalue weighted by Gasteiger charge is 2.13. The number of hydrogen-bond acceptors (Lipinski definition) is 5. The fourth-order valence-corrected chi connectivity index (χ4v) is 2.35. The Labute approximate surface area is 122 Å². The van der Waals surface area contributed by atoms with Crippen molar-refractivity contribution in [2.24, 2.45) is 0 Å². The second-order valence-corrected chi connectivity index (χ2v) is 4.86. The van der Waals surface area contributed by atoms with Crippen LogP contribution < -0.4 is 4.74 Å². The number of halogens is 2. The van der Waals surface area contributed by atoms with Crippen LogP contribution in [0.3, 0.4) is 0 Å². The number of nitrogens with zero attached hydrogens (tertiary/aromatic N) is 3. The summed E-state index contributed by atoms with van der Waals surface area (Å²) in [5.41, 5.74) is 0.631. The smallest absolute Gasteiger partial charge is 0.387 e. The first-order valence-corrected chi connectivity index (χ1v) is 6.78. The van der Waals surface area contributed by atoms with Gasteiger partial charge in [0.15, 0.2) is 5.16 Å². The zero-order valence-corrected chi connectivity index (χ0v) is 11.7. The lowest BCUT2D eigenvalue weighted by Crippen LogP contribution is -2.04. The van der Waals surface area contributed by atoms with Crippen molar-refractivity contribution < 1.29 is 23.4 Å². The van der Waals surface area contributed by atoms with Crippen molar-refractivity contribution >= 4 is 17.7 Å². The van der Waals surface area contributed by atoms with Crippen LogP contribution in [0.2, 0.25) is 0 Å². The average Bonchev–Trinajstić information content (AvgIpc) is 2.78. The van der Waals surface area contributed by atoms with Gasteiger partial charge in [0.1, 0.15) is 11.6 Å². The number of rotatable bonds is 6. The Morgan fingerprint density at radius 1 is 1.38 bits per heavy atom. The Bertz CT molecular complexity index is 631. The lowest BCUT2D eigenvalue weighted by atomic mass is 10.3. The molecule has 0 aliphatic rings. The molecule has 112 valence electrons. The first kappa shape index (κ1) is 15.2. The van der Waals surface area contributed by atoms with Crippen LogP contribution in [0, 0.1) is 6.92 Å². The van der Waals surface area contributed by atoms with Crippen molar-refractivity contribution in [1.82, 2.24) is 14.8 Å². The zero-order chi connectivity index (χ0) is 15.4. The van der Waals surface area contributed by atoms with Gasteiger partial charge in [-0.3, -0.25) is 9.36 Å². The largest absolute Gasteiger partial charge is 0.481 e. The Morgan fingerprint density at radius 3 is 2.62 bits per heavy atom. The molecule has 1 aromatic carbocycles. The van der Waals surface area contributed by atoms with Crippen LogP contribution in [0.25, 0.3) is 5.69 Å². The third-order valence-corrected chi connectivity index (χ3v) is 3.35. The van der Waals surface area contributed by atoms with Crippen LogP contribution in [0.5, 0.6) is 5.75 Å². The summed E-state index contributed by atoms with van der Waals surface area (Å²) < 4.78 is 30.1. The highest BCUT2D eigenvalue weighted by atomic mass is 32.2. The summed E-state index contributed by atoms with van der Waals surface area (Å²) in [5, 5.41) is 16.9. The van der Waals surface area contributed by atoms with E-state index in [-0.39, 0.29) is 11.5 Å². The van der Waals surface area contributed by atoms with Gasteiger partial charge < -0.3 is 9.84 Å². The van der Waals surface area contributed by atoms with Gasteiger partial charge in [0.2, 0.25) is 0 Å². The summed E-state index contributed by atoms with van der Waals surface area (Å²) in [5.74, 6) is -0.512. The van der Waals surface area contributed by atoms with E-state index in [1.807, 2.05) is 0 Å². The van der Waals surface area contributed by atoms with E-state index in [1.165, 1.54) is 12.1 Å². The summed E-state index contributed by atoms with van der Waals surface area (Å²) in [7, 11) is 0. The molecule has 0 atom stereocenters. The van der Waals surface area contributed by atoms with E-state index in [4.69, 9.17) is 5.11 Å². The second-order valence-electron chi connectivity index (χ2n) is 3.92. The maximum Gasteiger partial charge on any atom is 0.387 e. The Kier molecular flexibility index (Phi) is 4.73. The number of benzene rings is 1. The fraction of sp³-hybridized carbons (Fsp3) is 0.250. The van der Waals surface area contributed by atoms with Gasteiger partial charge in [-0.25, -0.2) is 0 Å². The highest BCUT2D eigenvalue weighted by Crippen LogP contribution is 2.23. The molecule has 2 rings (SSSR count). The lowest BCUT2D eigenvalue weighted by Gasteiger charge is -2.09. The predicted octanol–water partition coefficient (Wildman–Crippen LogP) is 2.35. The van der Waals surface area contributed by atoms with E-state index in [9.17, 15) is 13.6 Å². The number of thioether (sulfide) groups is 1. The van der Waals surface area contributed by atoms with Crippen molar-refractivity contribution in [2.45, 2.75) is 18.7 Å². The van der Waals surface area contributed by atoms with Crippen LogP contribution >= 0.6 is 11.8 Å². The van der Waals surface area contributed by atoms with Gasteiger partial charge in [-0.2, -0.15) is 8.78 Å². The van der Waals surface area contributed by atoms with E-state index < -0.39 is 12.6 Å². The number of aryl methyl sites for hydroxylation is 1. The van der Waals surface area contributed by atoms with Crippen molar-refractivity contribution in [1.29, 1.82) is 0 Å². The molecule has 0 radical (unpaired) electrons. The molecule has 6 nitrogen and oxygen atoms in total. The SMILES string of the molecule is Cc1nnc(SCC(=O)O)n1-c1ccc(OC(F)F)cc1. The molecule has 0 unspecified atom stereocenters. The van der Waals surface area contributed by atoms with Crippen LogP contribution in [-0.4, -0.2) is 38.2 Å². The normalized spacial score (nSPS) is 10.9. The predicted molar refractivity (Wildman–Crippen MR) is 71.1 cm³/mol. The molecule has 0 aliphatic heterocycles. The van der Waals surface area contributed by atoms with Crippen LogP contribution in [0.1, 0.15) is 5.82 Å². The minimum absolute atomic E-state index is 0.0409. The zero-order valence-electron chi connectivity index (χ0n) is 10.9. The van der Waals surface area contributed by atoms with Crippen LogP contribution in [0.15, 0.2) is 29.4 Å². The number of carboxylic acid groups (broad SMARTS) is 1. The summed E-state index contributed by atoms with van der Waals surface area (Å²) in [6.45, 7) is -1.17.